The molecule has 14 heavy (non-hydrogen) atoms. The number of aromatic nitrogens is 1. The van der Waals surface area contributed by atoms with Gasteiger partial charge >= 0.3 is 0 Å². The number of aromatic amines is 1. The molecule has 0 aliphatic heterocycles. The zero-order valence-electron chi connectivity index (χ0n) is 7.40. The summed E-state index contributed by atoms with van der Waals surface area (Å²) in [5, 5.41) is 0.529. The molecule has 1 N–H and O–H groups in total. The molecule has 0 unspecified atom stereocenters. The Kier molecular flexibility index (Phi) is 2.30. The van der Waals surface area contributed by atoms with E-state index < -0.39 is 0 Å². The van der Waals surface area contributed by atoms with Gasteiger partial charge in [-0.3, -0.25) is 4.79 Å². The molecule has 0 amide bonds. The summed E-state index contributed by atoms with van der Waals surface area (Å²) in [6.07, 6.45) is 0. The summed E-state index contributed by atoms with van der Waals surface area (Å²) in [4.78, 5) is 14.5. The van der Waals surface area contributed by atoms with E-state index in [0.29, 0.717) is 14.5 Å². The summed E-state index contributed by atoms with van der Waals surface area (Å²) in [6.45, 7) is 1.78. The summed E-state index contributed by atoms with van der Waals surface area (Å²) in [7, 11) is 0. The number of aryl methyl sites for hydroxylation is 1. The van der Waals surface area contributed by atoms with E-state index in [1.165, 1.54) is 18.2 Å². The van der Waals surface area contributed by atoms with Crippen LogP contribution in [0.15, 0.2) is 23.0 Å². The van der Waals surface area contributed by atoms with Gasteiger partial charge in [0.05, 0.1) is 9.09 Å². The number of nitrogens with one attached hydrogen (secondary N) is 1. The minimum Gasteiger partial charge on any atom is -0.357 e. The molecule has 0 bridgehead atoms. The highest BCUT2D eigenvalue weighted by Gasteiger charge is 2.07. The van der Waals surface area contributed by atoms with E-state index in [2.05, 4.69) is 4.98 Å². The smallest absolute Gasteiger partial charge is 0.189 e. The van der Waals surface area contributed by atoms with Gasteiger partial charge in [-0.25, -0.2) is 4.39 Å². The van der Waals surface area contributed by atoms with Gasteiger partial charge in [0.25, 0.3) is 0 Å². The molecule has 1 aromatic heterocycles. The highest BCUT2D eigenvalue weighted by Crippen LogP contribution is 2.19. The number of pyridine rings is 1. The van der Waals surface area contributed by atoms with Crippen LogP contribution in [0.4, 0.5) is 4.39 Å². The molecule has 0 aliphatic rings. The first kappa shape index (κ1) is 9.64. The quantitative estimate of drug-likeness (QED) is 0.746. The fourth-order valence-corrected chi connectivity index (χ4v) is 1.99. The number of hydrogen-bond acceptors (Lipinski definition) is 1. The van der Waals surface area contributed by atoms with Crippen LogP contribution in [0.2, 0.25) is 0 Å². The topological polar surface area (TPSA) is 32.9 Å². The third-order valence-corrected chi connectivity index (χ3v) is 3.08. The molecule has 0 aliphatic carbocycles. The second-order valence-electron chi connectivity index (χ2n) is 3.10. The van der Waals surface area contributed by atoms with Crippen LogP contribution in [0.1, 0.15) is 5.69 Å². The molecule has 0 atom stereocenters. The molecule has 0 saturated carbocycles. The Morgan fingerprint density at radius 3 is 2.86 bits per heavy atom. The van der Waals surface area contributed by atoms with Gasteiger partial charge in [0, 0.05) is 17.1 Å². The van der Waals surface area contributed by atoms with Gasteiger partial charge in [-0.2, -0.15) is 0 Å². The average molecular weight is 303 g/mol. The molecular weight excluding hydrogens is 296 g/mol. The molecule has 0 saturated heterocycles. The lowest BCUT2D eigenvalue weighted by molar-refractivity contribution is 0.622. The molecular formula is C10H7FINO. The standard InChI is InChI=1S/C10H7FINO/c1-5-4-8(14)6-2-3-7(11)9(12)10(6)13-5/h2-4H,1H3,(H,13,14). The Bertz CT molecular complexity index is 562. The lowest BCUT2D eigenvalue weighted by Gasteiger charge is -2.02. The Morgan fingerprint density at radius 1 is 1.43 bits per heavy atom. The van der Waals surface area contributed by atoms with Crippen molar-refractivity contribution < 1.29 is 4.39 Å². The fourth-order valence-electron chi connectivity index (χ4n) is 1.39. The highest BCUT2D eigenvalue weighted by molar-refractivity contribution is 14.1. The zero-order valence-corrected chi connectivity index (χ0v) is 9.55. The Hall–Kier alpha value is -0.910. The van der Waals surface area contributed by atoms with Crippen LogP contribution in [-0.4, -0.2) is 4.98 Å². The van der Waals surface area contributed by atoms with Gasteiger partial charge in [-0.15, -0.1) is 0 Å². The van der Waals surface area contributed by atoms with Crippen LogP contribution in [0.3, 0.4) is 0 Å². The van der Waals surface area contributed by atoms with Gasteiger partial charge in [0.15, 0.2) is 5.43 Å². The van der Waals surface area contributed by atoms with Crippen molar-refractivity contribution in [2.75, 3.05) is 0 Å². The number of hydrogen-bond donors (Lipinski definition) is 1. The van der Waals surface area contributed by atoms with Gasteiger partial charge in [-0.1, -0.05) is 0 Å². The van der Waals surface area contributed by atoms with Crippen molar-refractivity contribution in [3.63, 3.8) is 0 Å². The molecule has 1 aromatic carbocycles. The summed E-state index contributed by atoms with van der Waals surface area (Å²) in [5.41, 5.74) is 1.25. The normalized spacial score (nSPS) is 10.8. The van der Waals surface area contributed by atoms with Gasteiger partial charge in [0.1, 0.15) is 5.82 Å². The molecule has 1 heterocycles. The van der Waals surface area contributed by atoms with E-state index in [-0.39, 0.29) is 11.2 Å². The second-order valence-corrected chi connectivity index (χ2v) is 4.18. The predicted molar refractivity (Wildman–Crippen MR) is 62.0 cm³/mol. The van der Waals surface area contributed by atoms with Gasteiger partial charge in [-0.05, 0) is 41.6 Å². The number of benzene rings is 1. The molecule has 4 heteroatoms. The van der Waals surface area contributed by atoms with Crippen LogP contribution in [0, 0.1) is 16.3 Å². The van der Waals surface area contributed by atoms with Crippen LogP contribution < -0.4 is 5.43 Å². The average Bonchev–Trinajstić information content (AvgIpc) is 2.12. The van der Waals surface area contributed by atoms with E-state index in [9.17, 15) is 9.18 Å². The maximum absolute atomic E-state index is 13.2. The van der Waals surface area contributed by atoms with Crippen LogP contribution in [0.5, 0.6) is 0 Å². The van der Waals surface area contributed by atoms with Crippen molar-refractivity contribution in [3.8, 4) is 0 Å². The third kappa shape index (κ3) is 1.43. The van der Waals surface area contributed by atoms with Crippen molar-refractivity contribution >= 4 is 33.5 Å². The van der Waals surface area contributed by atoms with E-state index in [4.69, 9.17) is 0 Å². The summed E-state index contributed by atoms with van der Waals surface area (Å²) >= 11 is 1.89. The molecule has 0 fully saturated rings. The van der Waals surface area contributed by atoms with Crippen molar-refractivity contribution in [3.05, 3.63) is 43.5 Å². The number of H-pyrrole nitrogens is 1. The lowest BCUT2D eigenvalue weighted by atomic mass is 10.2. The minimum atomic E-state index is -0.306. The number of rotatable bonds is 0. The van der Waals surface area contributed by atoms with Crippen LogP contribution in [-0.2, 0) is 0 Å². The summed E-state index contributed by atoms with van der Waals surface area (Å²) in [6, 6.07) is 4.33. The Labute approximate surface area is 93.3 Å². The molecule has 0 radical (unpaired) electrons. The Morgan fingerprint density at radius 2 is 2.14 bits per heavy atom. The summed E-state index contributed by atoms with van der Waals surface area (Å²) in [5.74, 6) is -0.306. The van der Waals surface area contributed by atoms with Gasteiger partial charge < -0.3 is 4.98 Å². The SMILES string of the molecule is Cc1cc(=O)c2ccc(F)c(I)c2[nH]1. The first-order valence-electron chi connectivity index (χ1n) is 4.07. The van der Waals surface area contributed by atoms with Crippen molar-refractivity contribution in [2.24, 2.45) is 0 Å². The Balaban J connectivity index is 3.03. The molecule has 2 aromatic rings. The van der Waals surface area contributed by atoms with Gasteiger partial charge in [0.2, 0.25) is 0 Å². The molecule has 2 rings (SSSR count). The van der Waals surface area contributed by atoms with Crippen molar-refractivity contribution in [1.29, 1.82) is 0 Å². The second kappa shape index (κ2) is 3.34. The number of halogens is 2. The number of fused-ring (bicyclic) bond motifs is 1. The maximum atomic E-state index is 13.2. The van der Waals surface area contributed by atoms with E-state index in [1.54, 1.807) is 6.92 Å². The first-order chi connectivity index (χ1) is 6.59. The van der Waals surface area contributed by atoms with Crippen LogP contribution in [0.25, 0.3) is 10.9 Å². The van der Waals surface area contributed by atoms with Crippen molar-refractivity contribution in [2.45, 2.75) is 6.92 Å². The summed E-state index contributed by atoms with van der Waals surface area (Å²) < 4.78 is 13.6. The molecule has 72 valence electrons. The monoisotopic (exact) mass is 303 g/mol. The van der Waals surface area contributed by atoms with Crippen LogP contribution >= 0.6 is 22.6 Å². The van der Waals surface area contributed by atoms with E-state index >= 15 is 0 Å². The third-order valence-electron chi connectivity index (χ3n) is 2.03. The highest BCUT2D eigenvalue weighted by atomic mass is 127. The maximum Gasteiger partial charge on any atom is 0.189 e. The molecule has 2 nitrogen and oxygen atoms in total. The predicted octanol–water partition coefficient (Wildman–Crippen LogP) is 2.58. The minimum absolute atomic E-state index is 0.0748. The van der Waals surface area contributed by atoms with E-state index in [0.717, 1.165) is 5.69 Å². The van der Waals surface area contributed by atoms with Crippen molar-refractivity contribution in [1.82, 2.24) is 4.98 Å². The zero-order chi connectivity index (χ0) is 10.3. The first-order valence-corrected chi connectivity index (χ1v) is 5.15. The molecule has 0 spiro atoms. The lowest BCUT2D eigenvalue weighted by Crippen LogP contribution is -2.04. The van der Waals surface area contributed by atoms with E-state index in [1.807, 2.05) is 22.6 Å². The fraction of sp³-hybridized carbons (Fsp3) is 0.100. The largest absolute Gasteiger partial charge is 0.357 e.